The van der Waals surface area contributed by atoms with E-state index < -0.39 is 24.5 Å². The second-order valence-electron chi connectivity index (χ2n) is 6.03. The number of rotatable bonds is 4. The minimum absolute atomic E-state index is 0.000660. The summed E-state index contributed by atoms with van der Waals surface area (Å²) in [7, 11) is 0. The monoisotopic (exact) mass is 312 g/mol. The van der Waals surface area contributed by atoms with Gasteiger partial charge in [-0.1, -0.05) is 0 Å². The highest BCUT2D eigenvalue weighted by Crippen LogP contribution is 2.15. The van der Waals surface area contributed by atoms with Crippen molar-refractivity contribution < 1.29 is 27.4 Å². The van der Waals surface area contributed by atoms with Crippen molar-refractivity contribution in [3.05, 3.63) is 0 Å². The molecule has 1 aliphatic rings. The number of amides is 1. The van der Waals surface area contributed by atoms with Crippen molar-refractivity contribution in [3.63, 3.8) is 0 Å². The Balaban J connectivity index is 2.30. The summed E-state index contributed by atoms with van der Waals surface area (Å²) in [5.74, 6) is 0. The molecule has 8 heteroatoms. The first-order chi connectivity index (χ1) is 9.57. The summed E-state index contributed by atoms with van der Waals surface area (Å²) in [6, 6.07) is -0.0838. The second-order valence-corrected chi connectivity index (χ2v) is 6.03. The molecule has 124 valence electrons. The molecule has 0 spiro atoms. The molecule has 1 amide bonds. The summed E-state index contributed by atoms with van der Waals surface area (Å²) in [6.45, 7) is 5.64. The highest BCUT2D eigenvalue weighted by Gasteiger charge is 2.29. The van der Waals surface area contributed by atoms with Crippen molar-refractivity contribution in [3.8, 4) is 0 Å². The van der Waals surface area contributed by atoms with Crippen LogP contribution < -0.4 is 5.32 Å². The molecule has 0 aromatic rings. The SMILES string of the molecule is CC(C)(C)OC(=O)N1CCNC(CCOCC(F)(F)F)C1. The number of carbonyl (C=O) groups is 1. The number of ether oxygens (including phenoxy) is 2. The van der Waals surface area contributed by atoms with E-state index in [9.17, 15) is 18.0 Å². The molecule has 1 saturated heterocycles. The number of hydrogen-bond donors (Lipinski definition) is 1. The van der Waals surface area contributed by atoms with Crippen molar-refractivity contribution in [2.75, 3.05) is 32.8 Å². The lowest BCUT2D eigenvalue weighted by atomic mass is 10.1. The van der Waals surface area contributed by atoms with Crippen LogP contribution in [-0.2, 0) is 9.47 Å². The van der Waals surface area contributed by atoms with Crippen LogP contribution in [0.3, 0.4) is 0 Å². The van der Waals surface area contributed by atoms with Crippen molar-refractivity contribution in [1.29, 1.82) is 0 Å². The first kappa shape index (κ1) is 18.0. The van der Waals surface area contributed by atoms with Crippen LogP contribution in [0.5, 0.6) is 0 Å². The summed E-state index contributed by atoms with van der Waals surface area (Å²) >= 11 is 0. The van der Waals surface area contributed by atoms with Crippen molar-refractivity contribution in [2.24, 2.45) is 0 Å². The van der Waals surface area contributed by atoms with Gasteiger partial charge in [-0.2, -0.15) is 13.2 Å². The quantitative estimate of drug-likeness (QED) is 0.808. The Kier molecular flexibility index (Phi) is 6.27. The third-order valence-corrected chi connectivity index (χ3v) is 2.78. The number of nitrogens with zero attached hydrogens (tertiary/aromatic N) is 1. The maximum Gasteiger partial charge on any atom is 0.411 e. The van der Waals surface area contributed by atoms with Crippen LogP contribution in [-0.4, -0.2) is 61.7 Å². The van der Waals surface area contributed by atoms with Crippen LogP contribution in [0.15, 0.2) is 0 Å². The fourth-order valence-corrected chi connectivity index (χ4v) is 1.92. The second kappa shape index (κ2) is 7.31. The van der Waals surface area contributed by atoms with Crippen LogP contribution in [0.25, 0.3) is 0 Å². The van der Waals surface area contributed by atoms with Gasteiger partial charge >= 0.3 is 12.3 Å². The molecular weight excluding hydrogens is 289 g/mol. The Hall–Kier alpha value is -1.02. The lowest BCUT2D eigenvalue weighted by Gasteiger charge is -2.34. The average molecular weight is 312 g/mol. The van der Waals surface area contributed by atoms with Gasteiger partial charge in [-0.3, -0.25) is 0 Å². The molecule has 0 aliphatic carbocycles. The zero-order valence-corrected chi connectivity index (χ0v) is 12.6. The molecule has 21 heavy (non-hydrogen) atoms. The largest absolute Gasteiger partial charge is 0.444 e. The van der Waals surface area contributed by atoms with E-state index in [2.05, 4.69) is 10.1 Å². The van der Waals surface area contributed by atoms with Gasteiger partial charge in [0.15, 0.2) is 0 Å². The maximum atomic E-state index is 11.9. The number of alkyl halides is 3. The first-order valence-corrected chi connectivity index (χ1v) is 6.93. The van der Waals surface area contributed by atoms with Gasteiger partial charge < -0.3 is 19.7 Å². The van der Waals surface area contributed by atoms with Gasteiger partial charge in [0.25, 0.3) is 0 Å². The van der Waals surface area contributed by atoms with E-state index >= 15 is 0 Å². The van der Waals surface area contributed by atoms with Crippen LogP contribution >= 0.6 is 0 Å². The van der Waals surface area contributed by atoms with Gasteiger partial charge in [0.1, 0.15) is 12.2 Å². The molecule has 1 atom stereocenters. The average Bonchev–Trinajstić information content (AvgIpc) is 2.32. The molecule has 0 aromatic carbocycles. The molecule has 1 fully saturated rings. The van der Waals surface area contributed by atoms with Gasteiger partial charge in [0, 0.05) is 32.3 Å². The molecule has 0 saturated carbocycles. The normalized spacial score (nSPS) is 20.5. The van der Waals surface area contributed by atoms with Crippen molar-refractivity contribution >= 4 is 6.09 Å². The number of nitrogens with one attached hydrogen (secondary N) is 1. The smallest absolute Gasteiger partial charge is 0.411 e. The minimum Gasteiger partial charge on any atom is -0.444 e. The highest BCUT2D eigenvalue weighted by atomic mass is 19.4. The van der Waals surface area contributed by atoms with E-state index in [0.29, 0.717) is 26.1 Å². The van der Waals surface area contributed by atoms with E-state index in [-0.39, 0.29) is 12.6 Å². The van der Waals surface area contributed by atoms with E-state index in [1.807, 2.05) is 0 Å². The maximum absolute atomic E-state index is 11.9. The van der Waals surface area contributed by atoms with Crippen molar-refractivity contribution in [2.45, 2.75) is 45.0 Å². The summed E-state index contributed by atoms with van der Waals surface area (Å²) in [4.78, 5) is 13.5. The lowest BCUT2D eigenvalue weighted by Crippen LogP contribution is -2.53. The third-order valence-electron chi connectivity index (χ3n) is 2.78. The Morgan fingerprint density at radius 2 is 2.00 bits per heavy atom. The highest BCUT2D eigenvalue weighted by molar-refractivity contribution is 5.68. The summed E-state index contributed by atoms with van der Waals surface area (Å²) < 4.78 is 45.7. The Bertz CT molecular complexity index is 343. The molecule has 1 unspecified atom stereocenters. The van der Waals surface area contributed by atoms with E-state index in [4.69, 9.17) is 4.74 Å². The van der Waals surface area contributed by atoms with E-state index in [1.54, 1.807) is 25.7 Å². The zero-order valence-electron chi connectivity index (χ0n) is 12.6. The molecule has 0 radical (unpaired) electrons. The number of piperazine rings is 1. The summed E-state index contributed by atoms with van der Waals surface area (Å²) in [5, 5.41) is 3.15. The third kappa shape index (κ3) is 8.11. The fraction of sp³-hybridized carbons (Fsp3) is 0.923. The number of carbonyl (C=O) groups excluding carboxylic acids is 1. The predicted molar refractivity (Wildman–Crippen MR) is 71.1 cm³/mol. The van der Waals surface area contributed by atoms with Crippen molar-refractivity contribution in [1.82, 2.24) is 10.2 Å². The molecular formula is C13H23F3N2O3. The van der Waals surface area contributed by atoms with Crippen LogP contribution in [0.4, 0.5) is 18.0 Å². The molecule has 1 heterocycles. The standard InChI is InChI=1S/C13H23F3N2O3/c1-12(2,3)21-11(19)18-6-5-17-10(8-18)4-7-20-9-13(14,15)16/h10,17H,4-9H2,1-3H3. The topological polar surface area (TPSA) is 50.8 Å². The Morgan fingerprint density at radius 1 is 1.33 bits per heavy atom. The molecule has 5 nitrogen and oxygen atoms in total. The predicted octanol–water partition coefficient (Wildman–Crippen LogP) is 2.16. The molecule has 0 aromatic heterocycles. The van der Waals surface area contributed by atoms with Crippen LogP contribution in [0, 0.1) is 0 Å². The van der Waals surface area contributed by atoms with Crippen LogP contribution in [0.2, 0.25) is 0 Å². The van der Waals surface area contributed by atoms with E-state index in [1.165, 1.54) is 0 Å². The minimum atomic E-state index is -4.30. The lowest BCUT2D eigenvalue weighted by molar-refractivity contribution is -0.174. The van der Waals surface area contributed by atoms with Gasteiger partial charge in [-0.25, -0.2) is 4.79 Å². The van der Waals surface area contributed by atoms with Gasteiger partial charge in [0.05, 0.1) is 0 Å². The van der Waals surface area contributed by atoms with Crippen LogP contribution in [0.1, 0.15) is 27.2 Å². The van der Waals surface area contributed by atoms with Gasteiger partial charge in [-0.05, 0) is 27.2 Å². The zero-order chi connectivity index (χ0) is 16.1. The van der Waals surface area contributed by atoms with E-state index in [0.717, 1.165) is 0 Å². The Labute approximate surface area is 122 Å². The van der Waals surface area contributed by atoms with Gasteiger partial charge in [-0.15, -0.1) is 0 Å². The molecule has 1 rings (SSSR count). The number of halogens is 3. The summed E-state index contributed by atoms with van der Waals surface area (Å²) in [6.07, 6.45) is -4.29. The fourth-order valence-electron chi connectivity index (χ4n) is 1.92. The molecule has 0 bridgehead atoms. The number of hydrogen-bond acceptors (Lipinski definition) is 4. The summed E-state index contributed by atoms with van der Waals surface area (Å²) in [5.41, 5.74) is -0.562. The first-order valence-electron chi connectivity index (χ1n) is 6.93. The molecule has 1 N–H and O–H groups in total. The Morgan fingerprint density at radius 3 is 2.57 bits per heavy atom. The van der Waals surface area contributed by atoms with Gasteiger partial charge in [0.2, 0.25) is 0 Å². The molecule has 1 aliphatic heterocycles.